The molecule has 0 aliphatic heterocycles. The van der Waals surface area contributed by atoms with Crippen molar-refractivity contribution in [2.24, 2.45) is 0 Å². The van der Waals surface area contributed by atoms with Crippen molar-refractivity contribution in [1.82, 2.24) is 0 Å². The van der Waals surface area contributed by atoms with Gasteiger partial charge >= 0.3 is 6.18 Å². The highest BCUT2D eigenvalue weighted by molar-refractivity contribution is 6.10. The summed E-state index contributed by atoms with van der Waals surface area (Å²) in [6.07, 6.45) is -0.511. The second-order valence-electron chi connectivity index (χ2n) is 11.1. The molecule has 0 amide bonds. The number of fused-ring (bicyclic) bond motifs is 3. The zero-order chi connectivity index (χ0) is 32.5. The highest BCUT2D eigenvalue weighted by Crippen LogP contribution is 2.40. The predicted molar refractivity (Wildman–Crippen MR) is 183 cm³/mol. The molecule has 0 aromatic heterocycles. The van der Waals surface area contributed by atoms with E-state index in [1.54, 1.807) is 0 Å². The molecule has 0 bridgehead atoms. The van der Waals surface area contributed by atoms with Crippen LogP contribution < -0.4 is 4.90 Å². The Bertz CT molecular complexity index is 2410. The average Bonchev–Trinajstić information content (AvgIpc) is 3.10. The Kier molecular flexibility index (Phi) is 7.40. The van der Waals surface area contributed by atoms with Crippen molar-refractivity contribution in [3.8, 4) is 12.1 Å². The van der Waals surface area contributed by atoms with Gasteiger partial charge < -0.3 is 4.90 Å². The topological polar surface area (TPSA) is 50.8 Å². The summed E-state index contributed by atoms with van der Waals surface area (Å²) in [5.41, 5.74) is 4.41. The fourth-order valence-corrected chi connectivity index (χ4v) is 6.10. The SMILES string of the molecule is N#Cc1c2ccccc2c(C#N)c2cc(C=Cc3ccc(N(c4ccc(C(F)(F)F)cc4)c4cccc5ccccc45)cc3)ccc12. The molecule has 6 heteroatoms. The van der Waals surface area contributed by atoms with Gasteiger partial charge in [-0.2, -0.15) is 23.7 Å². The van der Waals surface area contributed by atoms with Crippen molar-refractivity contribution in [3.63, 3.8) is 0 Å². The smallest absolute Gasteiger partial charge is 0.310 e. The predicted octanol–water partition coefficient (Wildman–Crippen LogP) is 11.5. The van der Waals surface area contributed by atoms with Crippen LogP contribution in [0.3, 0.4) is 0 Å². The summed E-state index contributed by atoms with van der Waals surface area (Å²) >= 11 is 0. The van der Waals surface area contributed by atoms with Crippen LogP contribution in [0.5, 0.6) is 0 Å². The van der Waals surface area contributed by atoms with E-state index in [-0.39, 0.29) is 0 Å². The number of hydrogen-bond donors (Lipinski definition) is 0. The number of anilines is 3. The average molecular weight is 616 g/mol. The van der Waals surface area contributed by atoms with Crippen molar-refractivity contribution in [2.45, 2.75) is 6.18 Å². The zero-order valence-electron chi connectivity index (χ0n) is 24.8. The second kappa shape index (κ2) is 11.9. The van der Waals surface area contributed by atoms with E-state index < -0.39 is 11.7 Å². The molecule has 0 saturated carbocycles. The quantitative estimate of drug-likeness (QED) is 0.143. The monoisotopic (exact) mass is 615 g/mol. The lowest BCUT2D eigenvalue weighted by atomic mass is 9.91. The summed E-state index contributed by atoms with van der Waals surface area (Å²) in [6, 6.07) is 44.7. The summed E-state index contributed by atoms with van der Waals surface area (Å²) < 4.78 is 40.1. The van der Waals surface area contributed by atoms with Crippen LogP contribution in [-0.4, -0.2) is 0 Å². The van der Waals surface area contributed by atoms with Crippen LogP contribution in [-0.2, 0) is 6.18 Å². The first-order valence-electron chi connectivity index (χ1n) is 14.9. The van der Waals surface area contributed by atoms with E-state index in [2.05, 4.69) is 12.1 Å². The normalized spacial score (nSPS) is 11.6. The number of hydrogen-bond acceptors (Lipinski definition) is 3. The molecular formula is C41H24F3N3. The van der Waals surface area contributed by atoms with E-state index >= 15 is 0 Å². The summed E-state index contributed by atoms with van der Waals surface area (Å²) in [6.45, 7) is 0. The van der Waals surface area contributed by atoms with Gasteiger partial charge in [-0.3, -0.25) is 0 Å². The summed E-state index contributed by atoms with van der Waals surface area (Å²) in [7, 11) is 0. The first kappa shape index (κ1) is 29.3. The number of benzene rings is 7. The van der Waals surface area contributed by atoms with Gasteiger partial charge in [0.15, 0.2) is 0 Å². The van der Waals surface area contributed by atoms with E-state index in [9.17, 15) is 23.7 Å². The second-order valence-corrected chi connectivity index (χ2v) is 11.1. The molecule has 0 heterocycles. The molecule has 0 N–H and O–H groups in total. The molecule has 3 nitrogen and oxygen atoms in total. The fourth-order valence-electron chi connectivity index (χ4n) is 6.10. The van der Waals surface area contributed by atoms with Crippen molar-refractivity contribution in [2.75, 3.05) is 4.90 Å². The van der Waals surface area contributed by atoms with Crippen LogP contribution in [0.2, 0.25) is 0 Å². The third kappa shape index (κ3) is 5.43. The Morgan fingerprint density at radius 1 is 0.511 bits per heavy atom. The van der Waals surface area contributed by atoms with Crippen molar-refractivity contribution >= 4 is 61.5 Å². The van der Waals surface area contributed by atoms with Gasteiger partial charge in [0.25, 0.3) is 0 Å². The standard InChI is InChI=1S/C41H24F3N3/c42-41(43,44)30-17-21-32(22-18-30)47(40-11-5-7-29-6-1-2-8-33(29)40)31-19-14-27(15-20-31)12-13-28-16-23-36-37(24-28)39(26-46)35-10-4-3-9-34(35)38(36)25-45/h1-24H. The third-order valence-electron chi connectivity index (χ3n) is 8.35. The van der Waals surface area contributed by atoms with E-state index in [1.165, 1.54) is 12.1 Å². The summed E-state index contributed by atoms with van der Waals surface area (Å²) in [5, 5.41) is 24.9. The lowest BCUT2D eigenvalue weighted by Gasteiger charge is -2.27. The van der Waals surface area contributed by atoms with Gasteiger partial charge in [0, 0.05) is 38.3 Å². The van der Waals surface area contributed by atoms with Crippen LogP contribution in [0, 0.1) is 22.7 Å². The molecule has 0 saturated heterocycles. The van der Waals surface area contributed by atoms with E-state index in [4.69, 9.17) is 0 Å². The minimum absolute atomic E-state index is 0.533. The molecule has 0 fully saturated rings. The molecule has 0 aliphatic rings. The summed E-state index contributed by atoms with van der Waals surface area (Å²) in [5.74, 6) is 0. The molecule has 0 radical (unpaired) electrons. The Morgan fingerprint density at radius 2 is 1.02 bits per heavy atom. The van der Waals surface area contributed by atoms with Gasteiger partial charge in [-0.05, 0) is 65.0 Å². The highest BCUT2D eigenvalue weighted by Gasteiger charge is 2.30. The maximum atomic E-state index is 13.4. The number of nitriles is 2. The van der Waals surface area contributed by atoms with Crippen LogP contribution >= 0.6 is 0 Å². The molecular weight excluding hydrogens is 591 g/mol. The molecule has 7 aromatic rings. The first-order valence-corrected chi connectivity index (χ1v) is 14.9. The van der Waals surface area contributed by atoms with Gasteiger partial charge in [0.1, 0.15) is 12.1 Å². The Morgan fingerprint density at radius 3 is 1.66 bits per heavy atom. The van der Waals surface area contributed by atoms with Gasteiger partial charge in [-0.1, -0.05) is 97.1 Å². The van der Waals surface area contributed by atoms with Crippen LogP contribution in [0.1, 0.15) is 27.8 Å². The van der Waals surface area contributed by atoms with Gasteiger partial charge in [-0.15, -0.1) is 0 Å². The third-order valence-corrected chi connectivity index (χ3v) is 8.35. The van der Waals surface area contributed by atoms with E-state index in [1.807, 2.05) is 126 Å². The Labute approximate surface area is 269 Å². The van der Waals surface area contributed by atoms with Gasteiger partial charge in [0.2, 0.25) is 0 Å². The number of halogens is 3. The van der Waals surface area contributed by atoms with Gasteiger partial charge in [-0.25, -0.2) is 0 Å². The van der Waals surface area contributed by atoms with Crippen molar-refractivity contribution in [3.05, 3.63) is 161 Å². The molecule has 7 aromatic carbocycles. The number of alkyl halides is 3. The van der Waals surface area contributed by atoms with Crippen LogP contribution in [0.4, 0.5) is 30.2 Å². The molecule has 224 valence electrons. The highest BCUT2D eigenvalue weighted by atomic mass is 19.4. The largest absolute Gasteiger partial charge is 0.416 e. The maximum absolute atomic E-state index is 13.4. The van der Waals surface area contributed by atoms with Crippen LogP contribution in [0.25, 0.3) is 44.5 Å². The van der Waals surface area contributed by atoms with Crippen molar-refractivity contribution < 1.29 is 13.2 Å². The minimum Gasteiger partial charge on any atom is -0.310 e. The molecule has 47 heavy (non-hydrogen) atoms. The summed E-state index contributed by atoms with van der Waals surface area (Å²) in [4.78, 5) is 1.96. The Hall–Kier alpha value is -6.37. The molecule has 0 unspecified atom stereocenters. The minimum atomic E-state index is -4.43. The molecule has 0 atom stereocenters. The van der Waals surface area contributed by atoms with Gasteiger partial charge in [0.05, 0.1) is 22.4 Å². The molecule has 0 spiro atoms. The maximum Gasteiger partial charge on any atom is 0.416 e. The van der Waals surface area contributed by atoms with E-state index in [0.717, 1.165) is 67.0 Å². The fraction of sp³-hybridized carbons (Fsp3) is 0.0244. The lowest BCUT2D eigenvalue weighted by molar-refractivity contribution is -0.137. The lowest BCUT2D eigenvalue weighted by Crippen LogP contribution is -2.11. The number of rotatable bonds is 5. The van der Waals surface area contributed by atoms with E-state index in [0.29, 0.717) is 16.8 Å². The Balaban J connectivity index is 1.26. The molecule has 0 aliphatic carbocycles. The van der Waals surface area contributed by atoms with Crippen molar-refractivity contribution in [1.29, 1.82) is 10.5 Å². The zero-order valence-corrected chi connectivity index (χ0v) is 24.8. The van der Waals surface area contributed by atoms with Crippen LogP contribution in [0.15, 0.2) is 133 Å². The first-order chi connectivity index (χ1) is 22.9. The number of nitrogens with zero attached hydrogens (tertiary/aromatic N) is 3. The molecule has 7 rings (SSSR count).